The quantitative estimate of drug-likeness (QED) is 0.835. The SMILES string of the molecule is CCCC(C)(C)N1C(=O)C(C)(CC)NC(=O)C1C. The lowest BCUT2D eigenvalue weighted by molar-refractivity contribution is -0.160. The monoisotopic (exact) mass is 254 g/mol. The summed E-state index contributed by atoms with van der Waals surface area (Å²) in [6.45, 7) is 11.7. The molecule has 4 nitrogen and oxygen atoms in total. The van der Waals surface area contributed by atoms with Gasteiger partial charge in [-0.05, 0) is 40.5 Å². The van der Waals surface area contributed by atoms with E-state index < -0.39 is 11.6 Å². The van der Waals surface area contributed by atoms with Crippen molar-refractivity contribution < 1.29 is 9.59 Å². The molecule has 0 aromatic rings. The van der Waals surface area contributed by atoms with Crippen LogP contribution in [0.3, 0.4) is 0 Å². The van der Waals surface area contributed by atoms with Crippen molar-refractivity contribution in [3.05, 3.63) is 0 Å². The lowest BCUT2D eigenvalue weighted by Gasteiger charge is -2.50. The minimum atomic E-state index is -0.755. The molecule has 1 fully saturated rings. The Kier molecular flexibility index (Phi) is 4.08. The molecule has 0 spiro atoms. The highest BCUT2D eigenvalue weighted by atomic mass is 16.2. The molecule has 1 N–H and O–H groups in total. The van der Waals surface area contributed by atoms with Crippen molar-refractivity contribution in [1.82, 2.24) is 10.2 Å². The van der Waals surface area contributed by atoms with E-state index in [9.17, 15) is 9.59 Å². The summed E-state index contributed by atoms with van der Waals surface area (Å²) in [6, 6.07) is -0.390. The van der Waals surface area contributed by atoms with E-state index >= 15 is 0 Å². The maximum Gasteiger partial charge on any atom is 0.249 e. The van der Waals surface area contributed by atoms with Gasteiger partial charge < -0.3 is 10.2 Å². The van der Waals surface area contributed by atoms with Crippen LogP contribution in [0.4, 0.5) is 0 Å². The van der Waals surface area contributed by atoms with Crippen LogP contribution in [0.2, 0.25) is 0 Å². The average molecular weight is 254 g/mol. The summed E-state index contributed by atoms with van der Waals surface area (Å²) in [6.07, 6.45) is 2.51. The maximum absolute atomic E-state index is 12.7. The summed E-state index contributed by atoms with van der Waals surface area (Å²) in [5.41, 5.74) is -1.03. The van der Waals surface area contributed by atoms with E-state index in [0.29, 0.717) is 6.42 Å². The highest BCUT2D eigenvalue weighted by molar-refractivity contribution is 5.99. The molecule has 18 heavy (non-hydrogen) atoms. The summed E-state index contributed by atoms with van der Waals surface area (Å²) in [5.74, 6) is -0.0151. The van der Waals surface area contributed by atoms with Crippen LogP contribution in [0, 0.1) is 0 Å². The summed E-state index contributed by atoms with van der Waals surface area (Å²) < 4.78 is 0. The van der Waals surface area contributed by atoms with Gasteiger partial charge in [0.25, 0.3) is 0 Å². The third-order valence-corrected chi connectivity index (χ3v) is 4.08. The van der Waals surface area contributed by atoms with E-state index in [2.05, 4.69) is 12.2 Å². The van der Waals surface area contributed by atoms with Gasteiger partial charge in [0.1, 0.15) is 11.6 Å². The van der Waals surface area contributed by atoms with Crippen molar-refractivity contribution in [1.29, 1.82) is 0 Å². The van der Waals surface area contributed by atoms with E-state index in [1.54, 1.807) is 11.8 Å². The summed E-state index contributed by atoms with van der Waals surface area (Å²) in [4.78, 5) is 26.5. The number of piperazine rings is 1. The molecule has 4 heteroatoms. The molecule has 1 aliphatic rings. The van der Waals surface area contributed by atoms with Gasteiger partial charge in [-0.2, -0.15) is 0 Å². The zero-order valence-corrected chi connectivity index (χ0v) is 12.5. The van der Waals surface area contributed by atoms with Gasteiger partial charge in [-0.15, -0.1) is 0 Å². The smallest absolute Gasteiger partial charge is 0.249 e. The first-order chi connectivity index (χ1) is 8.19. The number of hydrogen-bond acceptors (Lipinski definition) is 2. The van der Waals surface area contributed by atoms with Crippen LogP contribution in [0.15, 0.2) is 0 Å². The van der Waals surface area contributed by atoms with Crippen molar-refractivity contribution in [3.8, 4) is 0 Å². The van der Waals surface area contributed by atoms with Gasteiger partial charge in [-0.25, -0.2) is 0 Å². The molecule has 0 bridgehead atoms. The van der Waals surface area contributed by atoms with Gasteiger partial charge >= 0.3 is 0 Å². The molecule has 1 aliphatic heterocycles. The third-order valence-electron chi connectivity index (χ3n) is 4.08. The van der Waals surface area contributed by atoms with E-state index in [-0.39, 0.29) is 17.4 Å². The summed E-state index contributed by atoms with van der Waals surface area (Å²) >= 11 is 0. The van der Waals surface area contributed by atoms with Crippen molar-refractivity contribution in [2.24, 2.45) is 0 Å². The number of rotatable bonds is 4. The standard InChI is InChI=1S/C14H26N2O2/c1-7-9-13(4,5)16-10(3)11(17)15-14(6,8-2)12(16)18/h10H,7-9H2,1-6H3,(H,15,17). The second-order valence-corrected chi connectivity index (χ2v) is 6.09. The van der Waals surface area contributed by atoms with E-state index in [0.717, 1.165) is 12.8 Å². The van der Waals surface area contributed by atoms with Gasteiger partial charge in [0, 0.05) is 5.54 Å². The Morgan fingerprint density at radius 3 is 2.33 bits per heavy atom. The van der Waals surface area contributed by atoms with Crippen LogP contribution in [0.1, 0.15) is 60.8 Å². The van der Waals surface area contributed by atoms with Crippen LogP contribution >= 0.6 is 0 Å². The number of carbonyl (C=O) groups is 2. The highest BCUT2D eigenvalue weighted by Crippen LogP contribution is 2.30. The van der Waals surface area contributed by atoms with Gasteiger partial charge in [0.05, 0.1) is 0 Å². The zero-order valence-electron chi connectivity index (χ0n) is 12.5. The van der Waals surface area contributed by atoms with E-state index in [1.165, 1.54) is 0 Å². The lowest BCUT2D eigenvalue weighted by atomic mass is 9.86. The molecule has 1 heterocycles. The Morgan fingerprint density at radius 1 is 1.33 bits per heavy atom. The number of hydrogen-bond donors (Lipinski definition) is 1. The Hall–Kier alpha value is -1.06. The predicted molar refractivity (Wildman–Crippen MR) is 72.1 cm³/mol. The number of carbonyl (C=O) groups excluding carboxylic acids is 2. The highest BCUT2D eigenvalue weighted by Gasteiger charge is 2.49. The second kappa shape index (κ2) is 4.90. The van der Waals surface area contributed by atoms with Crippen LogP contribution in [0.25, 0.3) is 0 Å². The van der Waals surface area contributed by atoms with Crippen molar-refractivity contribution in [2.45, 2.75) is 77.9 Å². The molecule has 0 aliphatic carbocycles. The Balaban J connectivity index is 3.14. The van der Waals surface area contributed by atoms with Gasteiger partial charge in [-0.1, -0.05) is 20.3 Å². The first-order valence-corrected chi connectivity index (χ1v) is 6.85. The van der Waals surface area contributed by atoms with Crippen LogP contribution in [-0.2, 0) is 9.59 Å². The van der Waals surface area contributed by atoms with Crippen molar-refractivity contribution in [2.75, 3.05) is 0 Å². The molecule has 2 atom stereocenters. The van der Waals surface area contributed by atoms with Crippen LogP contribution in [-0.4, -0.2) is 33.8 Å². The topological polar surface area (TPSA) is 49.4 Å². The Labute approximate surface area is 110 Å². The van der Waals surface area contributed by atoms with Gasteiger partial charge in [0.2, 0.25) is 11.8 Å². The summed E-state index contributed by atoms with van der Waals surface area (Å²) in [7, 11) is 0. The van der Waals surface area contributed by atoms with Crippen LogP contribution in [0.5, 0.6) is 0 Å². The number of amides is 2. The fraction of sp³-hybridized carbons (Fsp3) is 0.857. The van der Waals surface area contributed by atoms with Crippen molar-refractivity contribution >= 4 is 11.8 Å². The van der Waals surface area contributed by atoms with Crippen molar-refractivity contribution in [3.63, 3.8) is 0 Å². The van der Waals surface area contributed by atoms with E-state index in [4.69, 9.17) is 0 Å². The normalized spacial score (nSPS) is 29.4. The molecule has 2 amide bonds. The Bertz CT molecular complexity index is 352. The third kappa shape index (κ3) is 2.38. The number of nitrogens with zero attached hydrogens (tertiary/aromatic N) is 1. The minimum Gasteiger partial charge on any atom is -0.340 e. The zero-order chi connectivity index (χ0) is 14.1. The average Bonchev–Trinajstić information content (AvgIpc) is 2.26. The predicted octanol–water partition coefficient (Wildman–Crippen LogP) is 2.08. The molecule has 2 unspecified atom stereocenters. The minimum absolute atomic E-state index is 0.0375. The molecule has 0 radical (unpaired) electrons. The van der Waals surface area contributed by atoms with Gasteiger partial charge in [-0.3, -0.25) is 9.59 Å². The molecular formula is C14H26N2O2. The largest absolute Gasteiger partial charge is 0.340 e. The molecule has 1 saturated heterocycles. The maximum atomic E-state index is 12.7. The molecule has 104 valence electrons. The van der Waals surface area contributed by atoms with E-state index in [1.807, 2.05) is 27.7 Å². The fourth-order valence-corrected chi connectivity index (χ4v) is 2.76. The molecule has 0 aromatic carbocycles. The first-order valence-electron chi connectivity index (χ1n) is 6.85. The molecule has 0 saturated carbocycles. The molecular weight excluding hydrogens is 228 g/mol. The van der Waals surface area contributed by atoms with Crippen LogP contribution < -0.4 is 5.32 Å². The number of nitrogens with one attached hydrogen (secondary N) is 1. The second-order valence-electron chi connectivity index (χ2n) is 6.09. The summed E-state index contributed by atoms with van der Waals surface area (Å²) in [5, 5.41) is 2.86. The molecule has 1 rings (SSSR count). The lowest BCUT2D eigenvalue weighted by Crippen LogP contribution is -2.72. The first kappa shape index (κ1) is 15.0. The van der Waals surface area contributed by atoms with Gasteiger partial charge in [0.15, 0.2) is 0 Å². The Morgan fingerprint density at radius 2 is 1.89 bits per heavy atom. The fourth-order valence-electron chi connectivity index (χ4n) is 2.76. The molecule has 0 aromatic heterocycles.